The van der Waals surface area contributed by atoms with Crippen LogP contribution in [0.25, 0.3) is 11.3 Å². The van der Waals surface area contributed by atoms with Gasteiger partial charge in [0, 0.05) is 24.1 Å². The highest BCUT2D eigenvalue weighted by Gasteiger charge is 2.10. The van der Waals surface area contributed by atoms with E-state index in [1.54, 1.807) is 44.7 Å². The fourth-order valence-corrected chi connectivity index (χ4v) is 3.19. The standard InChI is InChI=1S/C26H24N2O5/c1-30-20-11-7-18(8-12-20)24-17-27-26(33-24)16-15-25(29)28-19-9-13-21(14-10-19)32-23-6-4-3-5-22(23)31-2/h3-14,17H,15-16H2,1-2H3,(H,28,29). The van der Waals surface area contributed by atoms with Crippen molar-refractivity contribution >= 4 is 11.6 Å². The maximum atomic E-state index is 12.4. The van der Waals surface area contributed by atoms with Crippen LogP contribution in [0.1, 0.15) is 12.3 Å². The van der Waals surface area contributed by atoms with Gasteiger partial charge in [-0.15, -0.1) is 0 Å². The molecule has 0 atom stereocenters. The highest BCUT2D eigenvalue weighted by Crippen LogP contribution is 2.31. The predicted molar refractivity (Wildman–Crippen MR) is 125 cm³/mol. The number of aryl methyl sites for hydroxylation is 1. The number of hydrogen-bond acceptors (Lipinski definition) is 6. The molecule has 1 N–H and O–H groups in total. The van der Waals surface area contributed by atoms with Gasteiger partial charge in [0.2, 0.25) is 5.91 Å². The Bertz CT molecular complexity index is 1200. The van der Waals surface area contributed by atoms with Gasteiger partial charge in [-0.2, -0.15) is 0 Å². The molecule has 1 aromatic heterocycles. The van der Waals surface area contributed by atoms with E-state index in [-0.39, 0.29) is 12.3 Å². The Morgan fingerprint density at radius 2 is 1.58 bits per heavy atom. The van der Waals surface area contributed by atoms with Crippen LogP contribution in [0.3, 0.4) is 0 Å². The van der Waals surface area contributed by atoms with Crippen molar-refractivity contribution in [2.24, 2.45) is 0 Å². The minimum Gasteiger partial charge on any atom is -0.497 e. The Kier molecular flexibility index (Phi) is 6.90. The Morgan fingerprint density at radius 3 is 2.27 bits per heavy atom. The minimum absolute atomic E-state index is 0.127. The van der Waals surface area contributed by atoms with Crippen LogP contribution < -0.4 is 19.5 Å². The van der Waals surface area contributed by atoms with Crippen LogP contribution >= 0.6 is 0 Å². The average molecular weight is 444 g/mol. The summed E-state index contributed by atoms with van der Waals surface area (Å²) >= 11 is 0. The second-order valence-electron chi connectivity index (χ2n) is 7.17. The quantitative estimate of drug-likeness (QED) is 0.355. The molecule has 3 aromatic carbocycles. The molecule has 0 fully saturated rings. The van der Waals surface area contributed by atoms with E-state index in [1.165, 1.54) is 0 Å². The number of rotatable bonds is 9. The van der Waals surface area contributed by atoms with E-state index in [2.05, 4.69) is 10.3 Å². The van der Waals surface area contributed by atoms with Gasteiger partial charge in [0.25, 0.3) is 0 Å². The SMILES string of the molecule is COc1ccc(-c2cnc(CCC(=O)Nc3ccc(Oc4ccccc4OC)cc3)o2)cc1. The van der Waals surface area contributed by atoms with Crippen LogP contribution in [0.4, 0.5) is 5.69 Å². The number of amides is 1. The number of carbonyl (C=O) groups is 1. The number of hydrogen-bond donors (Lipinski definition) is 1. The second kappa shape index (κ2) is 10.4. The third-order valence-electron chi connectivity index (χ3n) is 4.93. The van der Waals surface area contributed by atoms with Gasteiger partial charge in [0.1, 0.15) is 11.5 Å². The van der Waals surface area contributed by atoms with Crippen LogP contribution in [0.2, 0.25) is 0 Å². The molecular weight excluding hydrogens is 420 g/mol. The van der Waals surface area contributed by atoms with Gasteiger partial charge in [-0.05, 0) is 60.7 Å². The lowest BCUT2D eigenvalue weighted by molar-refractivity contribution is -0.116. The van der Waals surface area contributed by atoms with E-state index in [1.807, 2.05) is 48.5 Å². The van der Waals surface area contributed by atoms with Crippen LogP contribution in [0.15, 0.2) is 83.4 Å². The Labute approximate surface area is 191 Å². The molecule has 0 bridgehead atoms. The summed E-state index contributed by atoms with van der Waals surface area (Å²) in [4.78, 5) is 16.6. The van der Waals surface area contributed by atoms with Crippen LogP contribution in [0.5, 0.6) is 23.0 Å². The van der Waals surface area contributed by atoms with Crippen molar-refractivity contribution in [1.82, 2.24) is 4.98 Å². The summed E-state index contributed by atoms with van der Waals surface area (Å²) in [6.45, 7) is 0. The maximum absolute atomic E-state index is 12.4. The Morgan fingerprint density at radius 1 is 0.879 bits per heavy atom. The molecule has 7 nitrogen and oxygen atoms in total. The molecule has 4 rings (SSSR count). The molecule has 0 saturated carbocycles. The van der Waals surface area contributed by atoms with Crippen LogP contribution in [0, 0.1) is 0 Å². The number of nitrogens with zero attached hydrogens (tertiary/aromatic N) is 1. The molecule has 168 valence electrons. The highest BCUT2D eigenvalue weighted by atomic mass is 16.5. The lowest BCUT2D eigenvalue weighted by atomic mass is 10.2. The van der Waals surface area contributed by atoms with Crippen molar-refractivity contribution in [2.45, 2.75) is 12.8 Å². The lowest BCUT2D eigenvalue weighted by Gasteiger charge is -2.10. The number of anilines is 1. The summed E-state index contributed by atoms with van der Waals surface area (Å²) in [6.07, 6.45) is 2.31. The summed E-state index contributed by atoms with van der Waals surface area (Å²) in [5, 5.41) is 2.87. The van der Waals surface area contributed by atoms with E-state index in [4.69, 9.17) is 18.6 Å². The summed E-state index contributed by atoms with van der Waals surface area (Å²) in [7, 11) is 3.22. The monoisotopic (exact) mass is 444 g/mol. The van der Waals surface area contributed by atoms with Crippen molar-refractivity contribution in [3.05, 3.63) is 84.9 Å². The number of ether oxygens (including phenoxy) is 3. The van der Waals surface area contributed by atoms with Gasteiger partial charge in [-0.25, -0.2) is 4.98 Å². The number of nitrogens with one attached hydrogen (secondary N) is 1. The van der Waals surface area contributed by atoms with Crippen molar-refractivity contribution < 1.29 is 23.4 Å². The van der Waals surface area contributed by atoms with Crippen LogP contribution in [-0.2, 0) is 11.2 Å². The third-order valence-corrected chi connectivity index (χ3v) is 4.93. The minimum atomic E-state index is -0.127. The Hall–Kier alpha value is -4.26. The molecule has 0 unspecified atom stereocenters. The predicted octanol–water partition coefficient (Wildman–Crippen LogP) is 5.72. The number of methoxy groups -OCH3 is 2. The number of benzene rings is 3. The van der Waals surface area contributed by atoms with Gasteiger partial charge >= 0.3 is 0 Å². The zero-order valence-corrected chi connectivity index (χ0v) is 18.4. The molecule has 1 heterocycles. The third kappa shape index (κ3) is 5.71. The van der Waals surface area contributed by atoms with Gasteiger partial charge < -0.3 is 23.9 Å². The Balaban J connectivity index is 1.29. The lowest BCUT2D eigenvalue weighted by Crippen LogP contribution is -2.12. The van der Waals surface area contributed by atoms with Gasteiger partial charge in [0.05, 0.1) is 20.4 Å². The van der Waals surface area contributed by atoms with Crippen LogP contribution in [-0.4, -0.2) is 25.1 Å². The van der Waals surface area contributed by atoms with E-state index < -0.39 is 0 Å². The molecule has 0 aliphatic heterocycles. The molecule has 7 heteroatoms. The van der Waals surface area contributed by atoms with Crippen molar-refractivity contribution in [2.75, 3.05) is 19.5 Å². The van der Waals surface area contributed by atoms with Crippen molar-refractivity contribution in [1.29, 1.82) is 0 Å². The summed E-state index contributed by atoms with van der Waals surface area (Å²) in [5.41, 5.74) is 1.58. The topological polar surface area (TPSA) is 82.8 Å². The molecule has 0 aliphatic carbocycles. The van der Waals surface area contributed by atoms with E-state index in [0.717, 1.165) is 11.3 Å². The second-order valence-corrected chi connectivity index (χ2v) is 7.17. The first-order chi connectivity index (χ1) is 16.1. The number of carbonyl (C=O) groups excluding carboxylic acids is 1. The largest absolute Gasteiger partial charge is 0.497 e. The zero-order valence-electron chi connectivity index (χ0n) is 18.4. The summed E-state index contributed by atoms with van der Waals surface area (Å²) in [6, 6.07) is 22.1. The van der Waals surface area contributed by atoms with Gasteiger partial charge in [-0.1, -0.05) is 12.1 Å². The molecule has 33 heavy (non-hydrogen) atoms. The van der Waals surface area contributed by atoms with Gasteiger partial charge in [0.15, 0.2) is 23.1 Å². The van der Waals surface area contributed by atoms with E-state index in [9.17, 15) is 4.79 Å². The van der Waals surface area contributed by atoms with Gasteiger partial charge in [-0.3, -0.25) is 4.79 Å². The summed E-state index contributed by atoms with van der Waals surface area (Å²) in [5.74, 6) is 3.72. The smallest absolute Gasteiger partial charge is 0.224 e. The van der Waals surface area contributed by atoms with Crippen molar-refractivity contribution in [3.63, 3.8) is 0 Å². The number of aromatic nitrogens is 1. The van der Waals surface area contributed by atoms with E-state index in [0.29, 0.717) is 41.0 Å². The highest BCUT2D eigenvalue weighted by molar-refractivity contribution is 5.90. The molecule has 0 spiro atoms. The first-order valence-electron chi connectivity index (χ1n) is 10.4. The first-order valence-corrected chi connectivity index (χ1v) is 10.4. The normalized spacial score (nSPS) is 10.5. The number of oxazole rings is 1. The molecule has 0 aliphatic rings. The molecule has 0 saturated heterocycles. The molecule has 0 radical (unpaired) electrons. The first kappa shape index (κ1) is 22.0. The fourth-order valence-electron chi connectivity index (χ4n) is 3.19. The maximum Gasteiger partial charge on any atom is 0.224 e. The molecule has 4 aromatic rings. The number of para-hydroxylation sites is 2. The molecular formula is C26H24N2O5. The zero-order chi connectivity index (χ0) is 23.0. The van der Waals surface area contributed by atoms with Crippen molar-refractivity contribution in [3.8, 4) is 34.3 Å². The summed E-state index contributed by atoms with van der Waals surface area (Å²) < 4.78 is 22.1. The average Bonchev–Trinajstić information content (AvgIpc) is 3.33. The fraction of sp³-hybridized carbons (Fsp3) is 0.154. The molecule has 1 amide bonds. The van der Waals surface area contributed by atoms with E-state index >= 15 is 0 Å².